The average Bonchev–Trinajstić information content (AvgIpc) is 3.39. The molecule has 0 aliphatic rings. The summed E-state index contributed by atoms with van der Waals surface area (Å²) in [6.07, 6.45) is 2.84. The lowest BCUT2D eigenvalue weighted by Gasteiger charge is -2.15. The smallest absolute Gasteiger partial charge is 0.312 e. The Balaban J connectivity index is 1.63. The van der Waals surface area contributed by atoms with Crippen molar-refractivity contribution in [3.05, 3.63) is 87.8 Å². The lowest BCUT2D eigenvalue weighted by molar-refractivity contribution is 0.248. The van der Waals surface area contributed by atoms with Crippen molar-refractivity contribution >= 4 is 6.03 Å². The molecule has 0 radical (unpaired) electrons. The Morgan fingerprint density at radius 3 is 2.50 bits per heavy atom. The first-order valence-electron chi connectivity index (χ1n) is 11.2. The minimum Gasteiger partial charge on any atom is -0.352 e. The normalized spacial score (nSPS) is 10.9. The largest absolute Gasteiger partial charge is 0.352 e. The summed E-state index contributed by atoms with van der Waals surface area (Å²) in [5.41, 5.74) is 10.4. The van der Waals surface area contributed by atoms with Crippen LogP contribution in [0.5, 0.6) is 0 Å². The summed E-state index contributed by atoms with van der Waals surface area (Å²) in [4.78, 5) is 24.3. The predicted octanol–water partition coefficient (Wildman–Crippen LogP) is 3.25. The minimum atomic E-state index is -0.655. The van der Waals surface area contributed by atoms with Crippen LogP contribution >= 0.6 is 0 Å². The van der Waals surface area contributed by atoms with Crippen LogP contribution in [0.2, 0.25) is 0 Å². The second kappa shape index (κ2) is 10.6. The maximum atomic E-state index is 13.2. The summed E-state index contributed by atoms with van der Waals surface area (Å²) < 4.78 is 1.79. The number of aryl methyl sites for hydroxylation is 1. The van der Waals surface area contributed by atoms with Gasteiger partial charge in [-0.05, 0) is 46.9 Å². The number of nitrogens with zero attached hydrogens (tertiary/aromatic N) is 4. The highest BCUT2D eigenvalue weighted by Crippen LogP contribution is 2.29. The number of carbonyl (C=O) groups excluding carboxylic acids is 1. The van der Waals surface area contributed by atoms with E-state index >= 15 is 0 Å². The molecule has 0 aliphatic carbocycles. The van der Waals surface area contributed by atoms with Crippen molar-refractivity contribution in [2.45, 2.75) is 39.3 Å². The van der Waals surface area contributed by atoms with Gasteiger partial charge in [0.1, 0.15) is 0 Å². The van der Waals surface area contributed by atoms with Crippen LogP contribution < -0.4 is 16.6 Å². The van der Waals surface area contributed by atoms with Crippen LogP contribution in [-0.4, -0.2) is 31.2 Å². The van der Waals surface area contributed by atoms with Gasteiger partial charge in [-0.15, -0.1) is 10.2 Å². The van der Waals surface area contributed by atoms with Crippen LogP contribution in [0, 0.1) is 0 Å². The van der Waals surface area contributed by atoms with E-state index in [9.17, 15) is 9.59 Å². The number of amides is 2. The summed E-state index contributed by atoms with van der Waals surface area (Å²) in [7, 11) is 0. The van der Waals surface area contributed by atoms with Crippen LogP contribution in [0.1, 0.15) is 36.6 Å². The lowest BCUT2D eigenvalue weighted by Crippen LogP contribution is -2.34. The van der Waals surface area contributed by atoms with Crippen molar-refractivity contribution < 1.29 is 4.79 Å². The quantitative estimate of drug-likeness (QED) is 0.355. The molecule has 4 rings (SSSR count). The van der Waals surface area contributed by atoms with E-state index in [1.807, 2.05) is 54.6 Å². The van der Waals surface area contributed by atoms with Gasteiger partial charge in [0, 0.05) is 23.4 Å². The number of hydrogen-bond acceptors (Lipinski definition) is 5. The van der Waals surface area contributed by atoms with Gasteiger partial charge in [0.15, 0.2) is 0 Å². The van der Waals surface area contributed by atoms with Crippen LogP contribution in [0.3, 0.4) is 0 Å². The molecule has 2 aromatic carbocycles. The third-order valence-electron chi connectivity index (χ3n) is 5.70. The molecule has 2 aromatic heterocycles. The third kappa shape index (κ3) is 5.20. The fourth-order valence-electron chi connectivity index (χ4n) is 3.91. The van der Waals surface area contributed by atoms with E-state index in [4.69, 9.17) is 5.73 Å². The highest BCUT2D eigenvalue weighted by molar-refractivity contribution is 5.80. The Morgan fingerprint density at radius 1 is 1.06 bits per heavy atom. The monoisotopic (exact) mass is 457 g/mol. The molecule has 174 valence electrons. The topological polar surface area (TPSA) is 132 Å². The number of unbranched alkanes of at least 4 members (excludes halogenated alkanes) is 1. The van der Waals surface area contributed by atoms with Crippen molar-refractivity contribution in [3.63, 3.8) is 0 Å². The van der Waals surface area contributed by atoms with Gasteiger partial charge in [-0.25, -0.2) is 4.79 Å². The average molecular weight is 458 g/mol. The zero-order chi connectivity index (χ0) is 23.9. The number of hydrogen-bond donors (Lipinski definition) is 3. The Labute approximate surface area is 197 Å². The highest BCUT2D eigenvalue weighted by atomic mass is 16.2. The first-order chi connectivity index (χ1) is 16.6. The fourth-order valence-corrected chi connectivity index (χ4v) is 3.91. The van der Waals surface area contributed by atoms with Crippen LogP contribution in [0.4, 0.5) is 4.79 Å². The van der Waals surface area contributed by atoms with Crippen LogP contribution in [-0.2, 0) is 19.5 Å². The summed E-state index contributed by atoms with van der Waals surface area (Å²) in [6.45, 7) is 2.67. The maximum absolute atomic E-state index is 13.2. The van der Waals surface area contributed by atoms with Crippen molar-refractivity contribution in [2.75, 3.05) is 0 Å². The van der Waals surface area contributed by atoms with Crippen molar-refractivity contribution in [1.82, 2.24) is 30.5 Å². The van der Waals surface area contributed by atoms with E-state index in [2.05, 4.69) is 32.9 Å². The Bertz CT molecular complexity index is 1310. The number of benzene rings is 2. The van der Waals surface area contributed by atoms with Crippen LogP contribution in [0.15, 0.2) is 65.5 Å². The zero-order valence-corrected chi connectivity index (χ0v) is 19.0. The molecule has 0 bridgehead atoms. The van der Waals surface area contributed by atoms with E-state index in [1.165, 1.54) is 0 Å². The SMILES string of the molecule is CCCCc1ccc(CNC(N)=O)c(=O)n1Cc1ccc(-c2ccccc2-c2nn[nH]n2)cc1. The molecule has 4 aromatic rings. The molecule has 0 spiro atoms. The van der Waals surface area contributed by atoms with Gasteiger partial charge < -0.3 is 15.6 Å². The van der Waals surface area contributed by atoms with Crippen molar-refractivity contribution in [1.29, 1.82) is 0 Å². The standard InChI is InChI=1S/C25H27N7O2/c1-2-3-6-20-14-13-19(15-27-25(26)34)24(33)32(20)16-17-9-11-18(12-10-17)21-7-4-5-8-22(21)23-28-30-31-29-23/h4-5,7-14H,2-3,6,15-16H2,1H3,(H3,26,27,34)(H,28,29,30,31). The summed E-state index contributed by atoms with van der Waals surface area (Å²) >= 11 is 0. The number of carbonyl (C=O) groups is 1. The summed E-state index contributed by atoms with van der Waals surface area (Å²) in [6, 6.07) is 19.1. The van der Waals surface area contributed by atoms with Crippen molar-refractivity contribution in [2.24, 2.45) is 5.73 Å². The maximum Gasteiger partial charge on any atom is 0.312 e. The number of nitrogens with one attached hydrogen (secondary N) is 2. The first kappa shape index (κ1) is 22.9. The predicted molar refractivity (Wildman–Crippen MR) is 130 cm³/mol. The molecule has 4 N–H and O–H groups in total. The molecule has 0 atom stereocenters. The molecular formula is C25H27N7O2. The summed E-state index contributed by atoms with van der Waals surface area (Å²) in [5.74, 6) is 0.535. The van der Waals surface area contributed by atoms with Gasteiger partial charge in [-0.2, -0.15) is 5.21 Å². The molecule has 34 heavy (non-hydrogen) atoms. The highest BCUT2D eigenvalue weighted by Gasteiger charge is 2.12. The molecule has 2 amide bonds. The first-order valence-corrected chi connectivity index (χ1v) is 11.2. The molecule has 0 unspecified atom stereocenters. The molecule has 0 fully saturated rings. The number of tetrazole rings is 1. The van der Waals surface area contributed by atoms with Crippen molar-refractivity contribution in [3.8, 4) is 22.5 Å². The molecule has 9 nitrogen and oxygen atoms in total. The van der Waals surface area contributed by atoms with Gasteiger partial charge in [0.05, 0.1) is 6.54 Å². The third-order valence-corrected chi connectivity index (χ3v) is 5.70. The summed E-state index contributed by atoms with van der Waals surface area (Å²) in [5, 5.41) is 16.9. The molecule has 0 saturated heterocycles. The number of urea groups is 1. The van der Waals surface area contributed by atoms with Gasteiger partial charge in [0.25, 0.3) is 5.56 Å². The molecule has 2 heterocycles. The van der Waals surface area contributed by atoms with E-state index in [1.54, 1.807) is 10.6 Å². The van der Waals surface area contributed by atoms with Gasteiger partial charge in [-0.1, -0.05) is 61.9 Å². The van der Waals surface area contributed by atoms with Gasteiger partial charge in [-0.3, -0.25) is 4.79 Å². The number of nitrogens with two attached hydrogens (primary N) is 1. The van der Waals surface area contributed by atoms with E-state index < -0.39 is 6.03 Å². The lowest BCUT2D eigenvalue weighted by atomic mass is 9.98. The number of rotatable bonds is 9. The van der Waals surface area contributed by atoms with E-state index in [-0.39, 0.29) is 12.1 Å². The number of primary amides is 1. The number of pyridine rings is 1. The zero-order valence-electron chi connectivity index (χ0n) is 19.0. The number of aromatic nitrogens is 5. The van der Waals surface area contributed by atoms with Gasteiger partial charge >= 0.3 is 6.03 Å². The number of aromatic amines is 1. The molecule has 0 aliphatic heterocycles. The minimum absolute atomic E-state index is 0.105. The Hall–Kier alpha value is -4.27. The second-order valence-corrected chi connectivity index (χ2v) is 8.04. The Kier molecular flexibility index (Phi) is 7.12. The van der Waals surface area contributed by atoms with E-state index in [0.717, 1.165) is 47.2 Å². The molecule has 9 heteroatoms. The second-order valence-electron chi connectivity index (χ2n) is 8.04. The molecular weight excluding hydrogens is 430 g/mol. The Morgan fingerprint density at radius 2 is 1.82 bits per heavy atom. The number of H-pyrrole nitrogens is 1. The molecule has 0 saturated carbocycles. The van der Waals surface area contributed by atoms with Crippen LogP contribution in [0.25, 0.3) is 22.5 Å². The van der Waals surface area contributed by atoms with Gasteiger partial charge in [0.2, 0.25) is 5.82 Å². The van der Waals surface area contributed by atoms with E-state index in [0.29, 0.717) is 17.9 Å². The fraction of sp³-hybridized carbons (Fsp3) is 0.240.